The van der Waals surface area contributed by atoms with Crippen LogP contribution in [-0.4, -0.2) is 11.1 Å². The number of carbonyl (C=O) groups is 1. The number of hydrogen-bond donors (Lipinski definition) is 2. The van der Waals surface area contributed by atoms with Crippen LogP contribution in [0.3, 0.4) is 0 Å². The number of hydrogen-bond acceptors (Lipinski definition) is 3. The van der Waals surface area contributed by atoms with Gasteiger partial charge in [-0.3, -0.25) is 0 Å². The van der Waals surface area contributed by atoms with Gasteiger partial charge in [-0.15, -0.1) is 0 Å². The highest BCUT2D eigenvalue weighted by Gasteiger charge is 2.11. The van der Waals surface area contributed by atoms with E-state index in [9.17, 15) is 9.18 Å². The number of rotatable bonds is 3. The van der Waals surface area contributed by atoms with E-state index >= 15 is 0 Å². The third-order valence-electron chi connectivity index (χ3n) is 2.57. The summed E-state index contributed by atoms with van der Waals surface area (Å²) in [5.74, 6) is -1.51. The Bertz CT molecular complexity index is 641. The maximum absolute atomic E-state index is 13.6. The molecule has 0 aliphatic carbocycles. The maximum Gasteiger partial charge on any atom is 0.335 e. The standard InChI is InChI=1S/C14H12FNO3/c1-8-2-4-10(15)12(6-8)19-13-7-9(14(17)18)3-5-11(13)16/h2-7H,16H2,1H3,(H,17,18). The molecule has 0 fully saturated rings. The van der Waals surface area contributed by atoms with E-state index in [2.05, 4.69) is 0 Å². The van der Waals surface area contributed by atoms with E-state index in [0.29, 0.717) is 0 Å². The largest absolute Gasteiger partial charge is 0.478 e. The van der Waals surface area contributed by atoms with E-state index in [-0.39, 0.29) is 22.7 Å². The van der Waals surface area contributed by atoms with Crippen molar-refractivity contribution in [3.63, 3.8) is 0 Å². The summed E-state index contributed by atoms with van der Waals surface area (Å²) in [5, 5.41) is 8.89. The smallest absolute Gasteiger partial charge is 0.335 e. The first-order chi connectivity index (χ1) is 8.97. The zero-order valence-corrected chi connectivity index (χ0v) is 10.2. The Labute approximate surface area is 109 Å². The van der Waals surface area contributed by atoms with Crippen LogP contribution in [0.5, 0.6) is 11.5 Å². The molecule has 0 amide bonds. The second kappa shape index (κ2) is 4.97. The van der Waals surface area contributed by atoms with Crippen LogP contribution in [0.15, 0.2) is 36.4 Å². The Balaban J connectivity index is 2.40. The normalized spacial score (nSPS) is 10.2. The van der Waals surface area contributed by atoms with Gasteiger partial charge in [0, 0.05) is 0 Å². The zero-order chi connectivity index (χ0) is 14.0. The molecule has 0 aliphatic heterocycles. The molecule has 0 heterocycles. The second-order valence-corrected chi connectivity index (χ2v) is 4.09. The lowest BCUT2D eigenvalue weighted by Crippen LogP contribution is -2.00. The zero-order valence-electron chi connectivity index (χ0n) is 10.2. The van der Waals surface area contributed by atoms with E-state index in [0.717, 1.165) is 5.56 Å². The molecular weight excluding hydrogens is 249 g/mol. The minimum absolute atomic E-state index is 0.00855. The number of anilines is 1. The topological polar surface area (TPSA) is 72.5 Å². The number of carboxylic acids is 1. The molecule has 98 valence electrons. The van der Waals surface area contributed by atoms with Crippen LogP contribution in [-0.2, 0) is 0 Å². The quantitative estimate of drug-likeness (QED) is 0.832. The molecule has 0 saturated heterocycles. The first kappa shape index (κ1) is 12.9. The molecule has 2 aromatic carbocycles. The Morgan fingerprint density at radius 2 is 1.95 bits per heavy atom. The van der Waals surface area contributed by atoms with Gasteiger partial charge in [-0.2, -0.15) is 0 Å². The first-order valence-corrected chi connectivity index (χ1v) is 5.54. The number of aryl methyl sites for hydroxylation is 1. The van der Waals surface area contributed by atoms with Gasteiger partial charge >= 0.3 is 5.97 Å². The Hall–Kier alpha value is -2.56. The van der Waals surface area contributed by atoms with Gasteiger partial charge in [0.25, 0.3) is 0 Å². The van der Waals surface area contributed by atoms with Crippen LogP contribution < -0.4 is 10.5 Å². The number of ether oxygens (including phenoxy) is 1. The van der Waals surface area contributed by atoms with E-state index in [4.69, 9.17) is 15.6 Å². The van der Waals surface area contributed by atoms with Crippen molar-refractivity contribution in [2.75, 3.05) is 5.73 Å². The lowest BCUT2D eigenvalue weighted by Gasteiger charge is -2.10. The summed E-state index contributed by atoms with van der Waals surface area (Å²) >= 11 is 0. The summed E-state index contributed by atoms with van der Waals surface area (Å²) in [6, 6.07) is 8.44. The number of benzene rings is 2. The third-order valence-corrected chi connectivity index (χ3v) is 2.57. The number of aromatic carboxylic acids is 1. The van der Waals surface area contributed by atoms with Gasteiger partial charge in [-0.1, -0.05) is 6.07 Å². The number of halogens is 1. The molecule has 5 heteroatoms. The molecule has 3 N–H and O–H groups in total. The maximum atomic E-state index is 13.6. The fourth-order valence-corrected chi connectivity index (χ4v) is 1.56. The lowest BCUT2D eigenvalue weighted by atomic mass is 10.2. The molecule has 0 aliphatic rings. The molecular formula is C14H12FNO3. The summed E-state index contributed by atoms with van der Waals surface area (Å²) in [6.45, 7) is 1.79. The van der Waals surface area contributed by atoms with Gasteiger partial charge in [-0.05, 0) is 42.8 Å². The minimum Gasteiger partial charge on any atom is -0.478 e. The van der Waals surface area contributed by atoms with Crippen molar-refractivity contribution in [1.82, 2.24) is 0 Å². The minimum atomic E-state index is -1.10. The van der Waals surface area contributed by atoms with Crippen LogP contribution in [0.25, 0.3) is 0 Å². The van der Waals surface area contributed by atoms with Crippen LogP contribution in [0.1, 0.15) is 15.9 Å². The Morgan fingerprint density at radius 1 is 1.21 bits per heavy atom. The summed E-state index contributed by atoms with van der Waals surface area (Å²) in [6.07, 6.45) is 0. The highest BCUT2D eigenvalue weighted by atomic mass is 19.1. The third kappa shape index (κ3) is 2.82. The monoisotopic (exact) mass is 261 g/mol. The van der Waals surface area contributed by atoms with Crippen molar-refractivity contribution in [3.8, 4) is 11.5 Å². The van der Waals surface area contributed by atoms with Gasteiger partial charge in [0.1, 0.15) is 0 Å². The van der Waals surface area contributed by atoms with Gasteiger partial charge in [-0.25, -0.2) is 9.18 Å². The Kier molecular flexibility index (Phi) is 3.37. The number of nitrogen functional groups attached to an aromatic ring is 1. The van der Waals surface area contributed by atoms with E-state index in [1.807, 2.05) is 0 Å². The summed E-state index contributed by atoms with van der Waals surface area (Å²) < 4.78 is 18.9. The average Bonchev–Trinajstić information content (AvgIpc) is 2.36. The molecule has 4 nitrogen and oxygen atoms in total. The number of nitrogens with two attached hydrogens (primary N) is 1. The fourth-order valence-electron chi connectivity index (χ4n) is 1.56. The van der Waals surface area contributed by atoms with E-state index < -0.39 is 11.8 Å². The van der Waals surface area contributed by atoms with Crippen molar-refractivity contribution in [2.45, 2.75) is 6.92 Å². The van der Waals surface area contributed by atoms with E-state index in [1.165, 1.54) is 30.3 Å². The van der Waals surface area contributed by atoms with Gasteiger partial charge in [0.15, 0.2) is 17.3 Å². The summed E-state index contributed by atoms with van der Waals surface area (Å²) in [4.78, 5) is 10.9. The fraction of sp³-hybridized carbons (Fsp3) is 0.0714. The molecule has 19 heavy (non-hydrogen) atoms. The van der Waals surface area contributed by atoms with Gasteiger partial charge < -0.3 is 15.6 Å². The lowest BCUT2D eigenvalue weighted by molar-refractivity contribution is 0.0696. The van der Waals surface area contributed by atoms with Crippen LogP contribution in [0, 0.1) is 12.7 Å². The second-order valence-electron chi connectivity index (χ2n) is 4.09. The van der Waals surface area contributed by atoms with Crippen molar-refractivity contribution < 1.29 is 19.0 Å². The molecule has 0 bridgehead atoms. The van der Waals surface area contributed by atoms with Gasteiger partial charge in [0.2, 0.25) is 0 Å². The molecule has 2 aromatic rings. The van der Waals surface area contributed by atoms with Crippen molar-refractivity contribution in [2.24, 2.45) is 0 Å². The van der Waals surface area contributed by atoms with E-state index in [1.54, 1.807) is 13.0 Å². The number of carboxylic acid groups (broad SMARTS) is 1. The molecule has 0 atom stereocenters. The van der Waals surface area contributed by atoms with Crippen LogP contribution in [0.2, 0.25) is 0 Å². The highest BCUT2D eigenvalue weighted by Crippen LogP contribution is 2.30. The molecule has 2 rings (SSSR count). The summed E-state index contributed by atoms with van der Waals surface area (Å²) in [7, 11) is 0. The molecule has 0 radical (unpaired) electrons. The predicted octanol–water partition coefficient (Wildman–Crippen LogP) is 3.21. The molecule has 0 unspecified atom stereocenters. The summed E-state index contributed by atoms with van der Waals surface area (Å²) in [5.41, 5.74) is 6.78. The SMILES string of the molecule is Cc1ccc(F)c(Oc2cc(C(=O)O)ccc2N)c1. The van der Waals surface area contributed by atoms with Gasteiger partial charge in [0.05, 0.1) is 11.3 Å². The Morgan fingerprint density at radius 3 is 2.63 bits per heavy atom. The molecule has 0 saturated carbocycles. The van der Waals surface area contributed by atoms with Crippen LogP contribution in [0.4, 0.5) is 10.1 Å². The molecule has 0 aromatic heterocycles. The van der Waals surface area contributed by atoms with Crippen molar-refractivity contribution in [1.29, 1.82) is 0 Å². The van der Waals surface area contributed by atoms with Crippen molar-refractivity contribution >= 4 is 11.7 Å². The highest BCUT2D eigenvalue weighted by molar-refractivity contribution is 5.89. The average molecular weight is 261 g/mol. The first-order valence-electron chi connectivity index (χ1n) is 5.54. The predicted molar refractivity (Wildman–Crippen MR) is 69.0 cm³/mol. The van der Waals surface area contributed by atoms with Crippen LogP contribution >= 0.6 is 0 Å². The molecule has 0 spiro atoms. The van der Waals surface area contributed by atoms with Crippen molar-refractivity contribution in [3.05, 3.63) is 53.3 Å².